The predicted molar refractivity (Wildman–Crippen MR) is 119 cm³/mol. The number of likely N-dealkylation sites (tertiary alicyclic amines) is 1. The maximum atomic E-state index is 11.8. The number of hydrogen-bond donors (Lipinski definition) is 1. The summed E-state index contributed by atoms with van der Waals surface area (Å²) in [6.45, 7) is 12.7. The summed E-state index contributed by atoms with van der Waals surface area (Å²) in [6.07, 6.45) is 11.0. The highest BCUT2D eigenvalue weighted by molar-refractivity contribution is 5.76. The molecule has 28 heavy (non-hydrogen) atoms. The van der Waals surface area contributed by atoms with E-state index in [-0.39, 0.29) is 5.91 Å². The Bertz CT molecular complexity index is 658. The average molecular weight is 382 g/mol. The first-order chi connectivity index (χ1) is 13.7. The Hall–Kier alpha value is -2.33. The van der Waals surface area contributed by atoms with E-state index >= 15 is 0 Å². The largest absolute Gasteiger partial charge is 0.356 e. The summed E-state index contributed by atoms with van der Waals surface area (Å²) >= 11 is 0. The fourth-order valence-electron chi connectivity index (χ4n) is 3.73. The van der Waals surface area contributed by atoms with Crippen molar-refractivity contribution < 1.29 is 4.79 Å². The highest BCUT2D eigenvalue weighted by Crippen LogP contribution is 2.23. The molecule has 152 valence electrons. The number of carbonyl (C=O) groups excluding carboxylic acids is 1. The molecule has 0 aromatic heterocycles. The molecule has 1 heterocycles. The molecule has 1 aromatic rings. The summed E-state index contributed by atoms with van der Waals surface area (Å²) in [5.41, 5.74) is 2.34. The van der Waals surface area contributed by atoms with Gasteiger partial charge in [0.05, 0.1) is 0 Å². The minimum absolute atomic E-state index is 0.196. The fourth-order valence-corrected chi connectivity index (χ4v) is 3.73. The summed E-state index contributed by atoms with van der Waals surface area (Å²) in [4.78, 5) is 16.7. The Kier molecular flexibility index (Phi) is 9.56. The van der Waals surface area contributed by atoms with Crippen molar-refractivity contribution in [3.63, 3.8) is 0 Å². The topological polar surface area (TPSA) is 35.6 Å². The zero-order valence-corrected chi connectivity index (χ0v) is 17.4. The van der Waals surface area contributed by atoms with E-state index in [9.17, 15) is 4.79 Å². The minimum Gasteiger partial charge on any atom is -0.356 e. The molecule has 1 aromatic carbocycles. The molecule has 1 aliphatic heterocycles. The summed E-state index contributed by atoms with van der Waals surface area (Å²) < 4.78 is 0. The van der Waals surface area contributed by atoms with E-state index in [2.05, 4.69) is 64.2 Å². The van der Waals surface area contributed by atoms with Gasteiger partial charge >= 0.3 is 0 Å². The lowest BCUT2D eigenvalue weighted by atomic mass is 9.93. The van der Waals surface area contributed by atoms with Gasteiger partial charge in [0.15, 0.2) is 0 Å². The van der Waals surface area contributed by atoms with Crippen molar-refractivity contribution >= 4 is 11.6 Å². The van der Waals surface area contributed by atoms with Gasteiger partial charge in [0.25, 0.3) is 0 Å². The third-order valence-corrected chi connectivity index (χ3v) is 5.20. The second-order valence-corrected chi connectivity index (χ2v) is 7.26. The molecule has 0 radical (unpaired) electrons. The van der Waals surface area contributed by atoms with Crippen molar-refractivity contribution in [2.45, 2.75) is 33.1 Å². The van der Waals surface area contributed by atoms with Crippen molar-refractivity contribution in [1.29, 1.82) is 0 Å². The van der Waals surface area contributed by atoms with E-state index < -0.39 is 0 Å². The summed E-state index contributed by atoms with van der Waals surface area (Å²) in [5, 5.41) is 2.92. The first-order valence-corrected chi connectivity index (χ1v) is 10.4. The van der Waals surface area contributed by atoms with Gasteiger partial charge in [-0.25, -0.2) is 0 Å². The molecular formula is C24H35N3O. The van der Waals surface area contributed by atoms with Crippen LogP contribution in [0.4, 0.5) is 5.69 Å². The Labute approximate surface area is 170 Å². The van der Waals surface area contributed by atoms with Crippen LogP contribution in [0, 0.1) is 5.92 Å². The zero-order chi connectivity index (χ0) is 20.2. The van der Waals surface area contributed by atoms with E-state index in [1.54, 1.807) is 0 Å². The summed E-state index contributed by atoms with van der Waals surface area (Å²) in [6, 6.07) is 10.5. The number of amides is 1. The number of rotatable bonds is 10. The van der Waals surface area contributed by atoms with Gasteiger partial charge in [-0.3, -0.25) is 4.79 Å². The Morgan fingerprint density at radius 2 is 2.00 bits per heavy atom. The molecule has 4 nitrogen and oxygen atoms in total. The third kappa shape index (κ3) is 7.01. The van der Waals surface area contributed by atoms with E-state index in [1.807, 2.05) is 26.0 Å². The second-order valence-electron chi connectivity index (χ2n) is 7.26. The molecule has 1 fully saturated rings. The standard InChI is InChI=1S/C24H35N3O/c1-4-10-22(11-5-2)27(23-12-8-7-9-13-23)19-18-26-16-14-21(15-17-26)20-24(28)25-6-3/h4-5,7-13,21H,1,6,14-20H2,2-3H3,(H,25,28)/b11-5-,22-10+. The van der Waals surface area contributed by atoms with Gasteiger partial charge in [0.1, 0.15) is 0 Å². The van der Waals surface area contributed by atoms with E-state index in [0.717, 1.165) is 51.3 Å². The molecule has 0 unspecified atom stereocenters. The van der Waals surface area contributed by atoms with Crippen LogP contribution in [0.1, 0.15) is 33.1 Å². The SMILES string of the molecule is C=C/C=C(\C=C/C)N(CCN1CCC(CC(=O)NCC)CC1)c1ccccc1. The number of carbonyl (C=O) groups is 1. The maximum absolute atomic E-state index is 11.8. The number of allylic oxidation sites excluding steroid dienone is 4. The van der Waals surface area contributed by atoms with E-state index in [0.29, 0.717) is 12.3 Å². The molecule has 1 N–H and O–H groups in total. The van der Waals surface area contributed by atoms with Crippen LogP contribution in [0.3, 0.4) is 0 Å². The molecule has 1 saturated heterocycles. The molecule has 1 aliphatic rings. The summed E-state index contributed by atoms with van der Waals surface area (Å²) in [5.74, 6) is 0.717. The van der Waals surface area contributed by atoms with Gasteiger partial charge in [0.2, 0.25) is 5.91 Å². The number of nitrogens with zero attached hydrogens (tertiary/aromatic N) is 2. The van der Waals surface area contributed by atoms with Crippen molar-refractivity contribution in [3.8, 4) is 0 Å². The Morgan fingerprint density at radius 1 is 1.29 bits per heavy atom. The van der Waals surface area contributed by atoms with Gasteiger partial charge in [-0.15, -0.1) is 0 Å². The minimum atomic E-state index is 0.196. The first-order valence-electron chi connectivity index (χ1n) is 10.4. The average Bonchev–Trinajstić information content (AvgIpc) is 2.71. The number of hydrogen-bond acceptors (Lipinski definition) is 3. The third-order valence-electron chi connectivity index (χ3n) is 5.20. The van der Waals surface area contributed by atoms with Crippen LogP contribution in [-0.2, 0) is 4.79 Å². The molecule has 0 bridgehead atoms. The van der Waals surface area contributed by atoms with Crippen LogP contribution in [0.2, 0.25) is 0 Å². The van der Waals surface area contributed by atoms with Crippen LogP contribution >= 0.6 is 0 Å². The van der Waals surface area contributed by atoms with Gasteiger partial charge in [-0.2, -0.15) is 0 Å². The van der Waals surface area contributed by atoms with Crippen molar-refractivity contribution in [2.24, 2.45) is 5.92 Å². The quantitative estimate of drug-likeness (QED) is 0.611. The monoisotopic (exact) mass is 381 g/mol. The van der Waals surface area contributed by atoms with Crippen LogP contribution in [0.5, 0.6) is 0 Å². The highest BCUT2D eigenvalue weighted by Gasteiger charge is 2.22. The number of para-hydroxylation sites is 1. The Balaban J connectivity index is 1.94. The molecule has 0 aliphatic carbocycles. The predicted octanol–water partition coefficient (Wildman–Crippen LogP) is 4.38. The molecular weight excluding hydrogens is 346 g/mol. The van der Waals surface area contributed by atoms with Crippen LogP contribution in [0.25, 0.3) is 0 Å². The normalized spacial score (nSPS) is 16.3. The number of piperidine rings is 1. The smallest absolute Gasteiger partial charge is 0.220 e. The van der Waals surface area contributed by atoms with Gasteiger partial charge in [-0.05, 0) is 70.0 Å². The first kappa shape index (κ1) is 22.0. The van der Waals surface area contributed by atoms with Crippen LogP contribution in [-0.4, -0.2) is 43.5 Å². The number of nitrogens with one attached hydrogen (secondary N) is 1. The van der Waals surface area contributed by atoms with Gasteiger partial charge < -0.3 is 15.1 Å². The molecule has 4 heteroatoms. The van der Waals surface area contributed by atoms with E-state index in [4.69, 9.17) is 0 Å². The fraction of sp³-hybridized carbons (Fsp3) is 0.458. The molecule has 2 rings (SSSR count). The van der Waals surface area contributed by atoms with Crippen molar-refractivity contribution in [2.75, 3.05) is 37.6 Å². The number of benzene rings is 1. The molecule has 0 saturated carbocycles. The summed E-state index contributed by atoms with van der Waals surface area (Å²) in [7, 11) is 0. The van der Waals surface area contributed by atoms with Crippen molar-refractivity contribution in [1.82, 2.24) is 10.2 Å². The van der Waals surface area contributed by atoms with E-state index in [1.165, 1.54) is 5.69 Å². The van der Waals surface area contributed by atoms with Gasteiger partial charge in [0, 0.05) is 37.4 Å². The Morgan fingerprint density at radius 3 is 2.61 bits per heavy atom. The molecule has 0 spiro atoms. The van der Waals surface area contributed by atoms with Crippen LogP contribution in [0.15, 0.2) is 66.9 Å². The van der Waals surface area contributed by atoms with Crippen molar-refractivity contribution in [3.05, 3.63) is 66.9 Å². The maximum Gasteiger partial charge on any atom is 0.220 e. The zero-order valence-electron chi connectivity index (χ0n) is 17.4. The molecule has 0 atom stereocenters. The van der Waals surface area contributed by atoms with Crippen LogP contribution < -0.4 is 10.2 Å². The lowest BCUT2D eigenvalue weighted by molar-refractivity contribution is -0.122. The second kappa shape index (κ2) is 12.2. The highest BCUT2D eigenvalue weighted by atomic mass is 16.1. The lowest BCUT2D eigenvalue weighted by Gasteiger charge is -2.34. The lowest BCUT2D eigenvalue weighted by Crippen LogP contribution is -2.40. The number of anilines is 1. The van der Waals surface area contributed by atoms with Gasteiger partial charge in [-0.1, -0.05) is 36.9 Å². The molecule has 1 amide bonds.